The lowest BCUT2D eigenvalue weighted by molar-refractivity contribution is -0.0388. The van der Waals surface area contributed by atoms with Gasteiger partial charge in [-0.05, 0) is 24.6 Å². The zero-order valence-electron chi connectivity index (χ0n) is 11.7. The third kappa shape index (κ3) is 3.50. The highest BCUT2D eigenvalue weighted by atomic mass is 16.5. The summed E-state index contributed by atoms with van der Waals surface area (Å²) in [6.45, 7) is 2.61. The van der Waals surface area contributed by atoms with Crippen molar-refractivity contribution in [3.05, 3.63) is 29.3 Å². The number of hydrogen-bond acceptors (Lipinski definition) is 4. The topological polar surface area (TPSA) is 99.1 Å². The molecule has 1 saturated heterocycles. The van der Waals surface area contributed by atoms with E-state index in [2.05, 4.69) is 5.32 Å². The highest BCUT2D eigenvalue weighted by molar-refractivity contribution is 5.95. The van der Waals surface area contributed by atoms with E-state index in [1.165, 1.54) is 11.0 Å². The number of urea groups is 1. The smallest absolute Gasteiger partial charge is 0.336 e. The second kappa shape index (κ2) is 6.55. The largest absolute Gasteiger partial charge is 0.478 e. The van der Waals surface area contributed by atoms with Gasteiger partial charge in [-0.3, -0.25) is 0 Å². The second-order valence-corrected chi connectivity index (χ2v) is 4.83. The Morgan fingerprint density at radius 3 is 2.90 bits per heavy atom. The molecule has 1 unspecified atom stereocenters. The van der Waals surface area contributed by atoms with Crippen molar-refractivity contribution < 1.29 is 24.5 Å². The molecule has 1 aliphatic heterocycles. The van der Waals surface area contributed by atoms with Gasteiger partial charge in [-0.15, -0.1) is 0 Å². The van der Waals surface area contributed by atoms with Crippen molar-refractivity contribution in [1.82, 2.24) is 4.90 Å². The zero-order valence-corrected chi connectivity index (χ0v) is 11.7. The first-order valence-corrected chi connectivity index (χ1v) is 6.64. The Balaban J connectivity index is 2.09. The number of hydrogen-bond donors (Lipinski definition) is 3. The fourth-order valence-corrected chi connectivity index (χ4v) is 2.21. The number of ether oxygens (including phenoxy) is 1. The van der Waals surface area contributed by atoms with Crippen molar-refractivity contribution in [2.75, 3.05) is 31.6 Å². The number of rotatable bonds is 3. The minimum Gasteiger partial charge on any atom is -0.478 e. The van der Waals surface area contributed by atoms with Crippen molar-refractivity contribution in [2.45, 2.75) is 13.0 Å². The van der Waals surface area contributed by atoms with Gasteiger partial charge in [0.15, 0.2) is 0 Å². The SMILES string of the molecule is Cc1c(NC(=O)N2CCOC(CO)C2)cccc1C(=O)O. The van der Waals surface area contributed by atoms with Gasteiger partial charge in [-0.1, -0.05) is 6.07 Å². The molecule has 1 fully saturated rings. The number of nitrogens with one attached hydrogen (secondary N) is 1. The zero-order chi connectivity index (χ0) is 15.4. The van der Waals surface area contributed by atoms with Gasteiger partial charge in [0.25, 0.3) is 0 Å². The van der Waals surface area contributed by atoms with Crippen LogP contribution < -0.4 is 5.32 Å². The van der Waals surface area contributed by atoms with Gasteiger partial charge >= 0.3 is 12.0 Å². The number of carbonyl (C=O) groups excluding carboxylic acids is 1. The van der Waals surface area contributed by atoms with E-state index in [0.717, 1.165) is 0 Å². The van der Waals surface area contributed by atoms with Gasteiger partial charge in [0.2, 0.25) is 0 Å². The van der Waals surface area contributed by atoms with E-state index in [0.29, 0.717) is 30.9 Å². The molecule has 7 nitrogen and oxygen atoms in total. The van der Waals surface area contributed by atoms with E-state index in [4.69, 9.17) is 14.9 Å². The van der Waals surface area contributed by atoms with E-state index in [9.17, 15) is 9.59 Å². The first kappa shape index (κ1) is 15.3. The molecule has 0 saturated carbocycles. The highest BCUT2D eigenvalue weighted by Gasteiger charge is 2.24. The third-order valence-corrected chi connectivity index (χ3v) is 3.44. The molecule has 0 radical (unpaired) electrons. The summed E-state index contributed by atoms with van der Waals surface area (Å²) in [7, 11) is 0. The lowest BCUT2D eigenvalue weighted by atomic mass is 10.1. The van der Waals surface area contributed by atoms with Crippen LogP contribution in [0.5, 0.6) is 0 Å². The Hall–Kier alpha value is -2.12. The number of anilines is 1. The van der Waals surface area contributed by atoms with Crippen LogP contribution in [0.1, 0.15) is 15.9 Å². The van der Waals surface area contributed by atoms with Crippen molar-refractivity contribution in [1.29, 1.82) is 0 Å². The number of amides is 2. The summed E-state index contributed by atoms with van der Waals surface area (Å²) in [5.74, 6) is -1.03. The van der Waals surface area contributed by atoms with Gasteiger partial charge in [0, 0.05) is 12.2 Å². The maximum Gasteiger partial charge on any atom is 0.336 e. The minimum atomic E-state index is -1.03. The molecule has 2 rings (SSSR count). The number of nitrogens with zero attached hydrogens (tertiary/aromatic N) is 1. The van der Waals surface area contributed by atoms with Crippen molar-refractivity contribution in [3.63, 3.8) is 0 Å². The van der Waals surface area contributed by atoms with Crippen LogP contribution in [-0.2, 0) is 4.74 Å². The average Bonchev–Trinajstić information content (AvgIpc) is 2.49. The van der Waals surface area contributed by atoms with Gasteiger partial charge in [-0.2, -0.15) is 0 Å². The van der Waals surface area contributed by atoms with Crippen LogP contribution in [-0.4, -0.2) is 59.5 Å². The van der Waals surface area contributed by atoms with Crippen LogP contribution >= 0.6 is 0 Å². The molecular formula is C14H18N2O5. The van der Waals surface area contributed by atoms with Gasteiger partial charge in [-0.25, -0.2) is 9.59 Å². The molecule has 1 aliphatic rings. The van der Waals surface area contributed by atoms with Crippen LogP contribution in [0.15, 0.2) is 18.2 Å². The summed E-state index contributed by atoms with van der Waals surface area (Å²) < 4.78 is 5.28. The van der Waals surface area contributed by atoms with Crippen molar-refractivity contribution in [2.24, 2.45) is 0 Å². The molecule has 7 heteroatoms. The predicted molar refractivity (Wildman–Crippen MR) is 75.6 cm³/mol. The summed E-state index contributed by atoms with van der Waals surface area (Å²) >= 11 is 0. The Labute approximate surface area is 122 Å². The van der Waals surface area contributed by atoms with Crippen LogP contribution in [0.25, 0.3) is 0 Å². The fourth-order valence-electron chi connectivity index (χ4n) is 2.21. The van der Waals surface area contributed by atoms with Crippen molar-refractivity contribution >= 4 is 17.7 Å². The fraction of sp³-hybridized carbons (Fsp3) is 0.429. The molecule has 0 bridgehead atoms. The molecule has 1 heterocycles. The van der Waals surface area contributed by atoms with Crippen LogP contribution in [0, 0.1) is 6.92 Å². The summed E-state index contributed by atoms with van der Waals surface area (Å²) in [5, 5.41) is 20.9. The molecule has 1 atom stereocenters. The summed E-state index contributed by atoms with van der Waals surface area (Å²) in [6.07, 6.45) is -0.379. The lowest BCUT2D eigenvalue weighted by Crippen LogP contribution is -2.48. The number of carboxylic acid groups (broad SMARTS) is 1. The molecule has 1 aromatic rings. The molecule has 3 N–H and O–H groups in total. The van der Waals surface area contributed by atoms with Crippen LogP contribution in [0.4, 0.5) is 10.5 Å². The predicted octanol–water partition coefficient (Wildman–Crippen LogP) is 0.918. The maximum atomic E-state index is 12.2. The van der Waals surface area contributed by atoms with E-state index < -0.39 is 5.97 Å². The first-order chi connectivity index (χ1) is 10.0. The molecule has 1 aromatic carbocycles. The molecule has 0 aromatic heterocycles. The van der Waals surface area contributed by atoms with Gasteiger partial charge in [0.05, 0.1) is 31.4 Å². The number of carboxylic acids is 1. The third-order valence-electron chi connectivity index (χ3n) is 3.44. The molecule has 0 spiro atoms. The summed E-state index contributed by atoms with van der Waals surface area (Å²) in [5.41, 5.74) is 1.13. The van der Waals surface area contributed by atoms with Crippen LogP contribution in [0.3, 0.4) is 0 Å². The summed E-state index contributed by atoms with van der Waals surface area (Å²) in [6, 6.07) is 4.40. The minimum absolute atomic E-state index is 0.142. The Morgan fingerprint density at radius 2 is 2.24 bits per heavy atom. The second-order valence-electron chi connectivity index (χ2n) is 4.83. The number of benzene rings is 1. The Bertz CT molecular complexity index is 546. The maximum absolute atomic E-state index is 12.2. The van der Waals surface area contributed by atoms with E-state index in [1.807, 2.05) is 0 Å². The van der Waals surface area contributed by atoms with Gasteiger partial charge in [0.1, 0.15) is 0 Å². The number of carbonyl (C=O) groups is 2. The van der Waals surface area contributed by atoms with Crippen LogP contribution in [0.2, 0.25) is 0 Å². The molecule has 0 aliphatic carbocycles. The Kier molecular flexibility index (Phi) is 4.77. The number of aliphatic hydroxyl groups excluding tert-OH is 1. The molecule has 2 amide bonds. The lowest BCUT2D eigenvalue weighted by Gasteiger charge is -2.32. The first-order valence-electron chi connectivity index (χ1n) is 6.64. The average molecular weight is 294 g/mol. The standard InChI is InChI=1S/C14H18N2O5/c1-9-11(13(18)19)3-2-4-12(9)15-14(20)16-5-6-21-10(7-16)8-17/h2-4,10,17H,5-8H2,1H3,(H,15,20)(H,18,19). The van der Waals surface area contributed by atoms with E-state index in [1.54, 1.807) is 19.1 Å². The van der Waals surface area contributed by atoms with E-state index in [-0.39, 0.29) is 24.3 Å². The van der Waals surface area contributed by atoms with Crippen molar-refractivity contribution in [3.8, 4) is 0 Å². The van der Waals surface area contributed by atoms with Gasteiger partial charge < -0.3 is 25.2 Å². The number of aromatic carboxylic acids is 1. The highest BCUT2D eigenvalue weighted by Crippen LogP contribution is 2.20. The molecule has 114 valence electrons. The quantitative estimate of drug-likeness (QED) is 0.770. The van der Waals surface area contributed by atoms with E-state index >= 15 is 0 Å². The number of morpholine rings is 1. The Morgan fingerprint density at radius 1 is 1.48 bits per heavy atom. The summed E-state index contributed by atoms with van der Waals surface area (Å²) in [4.78, 5) is 24.8. The normalized spacial score (nSPS) is 18.4. The molecular weight excluding hydrogens is 276 g/mol. The number of aliphatic hydroxyl groups is 1. The molecule has 21 heavy (non-hydrogen) atoms. The monoisotopic (exact) mass is 294 g/mol.